The van der Waals surface area contributed by atoms with Gasteiger partial charge in [-0.1, -0.05) is 70.5 Å². The van der Waals surface area contributed by atoms with Crippen molar-refractivity contribution in [1.82, 2.24) is 10.6 Å². The highest BCUT2D eigenvalue weighted by molar-refractivity contribution is 6.24. The molecule has 0 saturated heterocycles. The van der Waals surface area contributed by atoms with Crippen LogP contribution in [-0.4, -0.2) is 40.8 Å². The zero-order valence-electron chi connectivity index (χ0n) is 18.6. The van der Waals surface area contributed by atoms with E-state index in [1.165, 1.54) is 0 Å². The Morgan fingerprint density at radius 1 is 0.875 bits per heavy atom. The number of rotatable bonds is 8. The highest BCUT2D eigenvalue weighted by atomic mass is 16.4. The van der Waals surface area contributed by atoms with Crippen molar-refractivity contribution in [3.63, 3.8) is 0 Å². The first-order valence-electron chi connectivity index (χ1n) is 10.8. The van der Waals surface area contributed by atoms with Crippen molar-refractivity contribution in [3.8, 4) is 11.1 Å². The third-order valence-electron chi connectivity index (χ3n) is 6.01. The third kappa shape index (κ3) is 4.28. The van der Waals surface area contributed by atoms with Gasteiger partial charge in [0.05, 0.1) is 0 Å². The van der Waals surface area contributed by atoms with Crippen molar-refractivity contribution in [2.75, 3.05) is 0 Å². The maximum Gasteiger partial charge on any atom is 0.326 e. The van der Waals surface area contributed by atoms with Crippen LogP contribution in [0.1, 0.15) is 60.4 Å². The molecule has 3 N–H and O–H groups in total. The molecule has 0 fully saturated rings. The van der Waals surface area contributed by atoms with Crippen LogP contribution < -0.4 is 10.6 Å². The van der Waals surface area contributed by atoms with Gasteiger partial charge in [-0.2, -0.15) is 0 Å². The van der Waals surface area contributed by atoms with Crippen LogP contribution in [0.2, 0.25) is 0 Å². The zero-order chi connectivity index (χ0) is 23.6. The van der Waals surface area contributed by atoms with Crippen LogP contribution in [0.5, 0.6) is 0 Å². The van der Waals surface area contributed by atoms with E-state index in [4.69, 9.17) is 0 Å². The van der Waals surface area contributed by atoms with Crippen LogP contribution in [0.15, 0.2) is 42.5 Å². The molecular formula is C25H28N2O5. The molecular weight excluding hydrogens is 408 g/mol. The second kappa shape index (κ2) is 9.34. The van der Waals surface area contributed by atoms with E-state index in [2.05, 4.69) is 10.6 Å². The maximum absolute atomic E-state index is 13.2. The molecule has 0 radical (unpaired) electrons. The van der Waals surface area contributed by atoms with Gasteiger partial charge in [0, 0.05) is 22.3 Å². The van der Waals surface area contributed by atoms with E-state index >= 15 is 0 Å². The predicted octanol–water partition coefficient (Wildman–Crippen LogP) is 3.27. The molecule has 0 aliphatic heterocycles. The minimum Gasteiger partial charge on any atom is -0.480 e. The minimum atomic E-state index is -1.11. The Hall–Kier alpha value is -3.48. The van der Waals surface area contributed by atoms with Gasteiger partial charge < -0.3 is 15.7 Å². The lowest BCUT2D eigenvalue weighted by Gasteiger charge is -2.26. The Morgan fingerprint density at radius 3 is 2.09 bits per heavy atom. The maximum atomic E-state index is 13.2. The van der Waals surface area contributed by atoms with E-state index in [-0.39, 0.29) is 17.6 Å². The average molecular weight is 437 g/mol. The first-order chi connectivity index (χ1) is 15.2. The smallest absolute Gasteiger partial charge is 0.326 e. The van der Waals surface area contributed by atoms with Crippen molar-refractivity contribution in [2.24, 2.45) is 11.8 Å². The number of carboxylic acids is 1. The number of benzene rings is 2. The summed E-state index contributed by atoms with van der Waals surface area (Å²) in [6.07, 6.45) is 0.583. The van der Waals surface area contributed by atoms with Crippen LogP contribution >= 0.6 is 0 Å². The lowest BCUT2D eigenvalue weighted by atomic mass is 9.96. The molecule has 1 aliphatic carbocycles. The van der Waals surface area contributed by atoms with E-state index < -0.39 is 29.9 Å². The summed E-state index contributed by atoms with van der Waals surface area (Å²) >= 11 is 0. The van der Waals surface area contributed by atoms with Gasteiger partial charge in [0.1, 0.15) is 12.1 Å². The minimum absolute atomic E-state index is 0.138. The average Bonchev–Trinajstić information content (AvgIpc) is 3.07. The van der Waals surface area contributed by atoms with Gasteiger partial charge in [-0.15, -0.1) is 0 Å². The van der Waals surface area contributed by atoms with E-state index in [9.17, 15) is 24.3 Å². The number of carbonyl (C=O) groups is 4. The SMILES string of the molecule is CC[C@@H](C)[C@H](NC(=O)[C@@H](NC(=O)c1cccc2c1-c1ccccc1C2=O)C(C)C)C(=O)O. The molecule has 0 spiro atoms. The Balaban J connectivity index is 1.89. The summed E-state index contributed by atoms with van der Waals surface area (Å²) in [5, 5.41) is 14.8. The molecule has 3 rings (SSSR count). The molecule has 32 heavy (non-hydrogen) atoms. The summed E-state index contributed by atoms with van der Waals surface area (Å²) in [6.45, 7) is 7.16. The highest BCUT2D eigenvalue weighted by Crippen LogP contribution is 2.38. The van der Waals surface area contributed by atoms with E-state index in [0.717, 1.165) is 0 Å². The Kier molecular flexibility index (Phi) is 6.77. The first kappa shape index (κ1) is 23.2. The Bertz CT molecular complexity index is 1080. The normalized spacial score (nSPS) is 14.8. The molecule has 1 aliphatic rings. The van der Waals surface area contributed by atoms with Crippen molar-refractivity contribution < 1.29 is 24.3 Å². The van der Waals surface area contributed by atoms with Gasteiger partial charge in [0.15, 0.2) is 5.78 Å². The zero-order valence-corrected chi connectivity index (χ0v) is 18.6. The molecule has 168 valence electrons. The molecule has 2 amide bonds. The molecule has 0 saturated carbocycles. The molecule has 0 bridgehead atoms. The molecule has 7 nitrogen and oxygen atoms in total. The van der Waals surface area contributed by atoms with Gasteiger partial charge >= 0.3 is 5.97 Å². The summed E-state index contributed by atoms with van der Waals surface area (Å²) < 4.78 is 0. The summed E-state index contributed by atoms with van der Waals surface area (Å²) in [5.74, 6) is -2.84. The van der Waals surface area contributed by atoms with Crippen molar-refractivity contribution >= 4 is 23.6 Å². The van der Waals surface area contributed by atoms with Gasteiger partial charge in [-0.3, -0.25) is 14.4 Å². The van der Waals surface area contributed by atoms with Crippen LogP contribution in [0.25, 0.3) is 11.1 Å². The molecule has 3 atom stereocenters. The number of carbonyl (C=O) groups excluding carboxylic acids is 3. The monoisotopic (exact) mass is 436 g/mol. The first-order valence-corrected chi connectivity index (χ1v) is 10.8. The third-order valence-corrected chi connectivity index (χ3v) is 6.01. The van der Waals surface area contributed by atoms with Crippen LogP contribution in [0.3, 0.4) is 0 Å². The van der Waals surface area contributed by atoms with Crippen molar-refractivity contribution in [3.05, 3.63) is 59.2 Å². The number of amides is 2. The van der Waals surface area contributed by atoms with Gasteiger partial charge in [0.25, 0.3) is 5.91 Å². The fraction of sp³-hybridized carbons (Fsp3) is 0.360. The number of aliphatic carboxylic acids is 1. The van der Waals surface area contributed by atoms with Gasteiger partial charge in [-0.05, 0) is 23.5 Å². The number of ketones is 1. The number of fused-ring (bicyclic) bond motifs is 3. The standard InChI is InChI=1S/C25H28N2O5/c1-5-14(4)21(25(31)32)27-24(30)20(13(2)3)26-23(29)18-12-8-11-17-19(18)15-9-6-7-10-16(15)22(17)28/h6-14,20-21H,5H2,1-4H3,(H,26,29)(H,27,30)(H,31,32)/t14-,20+,21+/m1/s1. The van der Waals surface area contributed by atoms with E-state index in [1.54, 1.807) is 63.2 Å². The second-order valence-corrected chi connectivity index (χ2v) is 8.51. The van der Waals surface area contributed by atoms with Gasteiger partial charge in [-0.25, -0.2) is 4.79 Å². The lowest BCUT2D eigenvalue weighted by molar-refractivity contribution is -0.143. The fourth-order valence-electron chi connectivity index (χ4n) is 3.95. The topological polar surface area (TPSA) is 113 Å². The quantitative estimate of drug-likeness (QED) is 0.502. The van der Waals surface area contributed by atoms with E-state index in [1.807, 2.05) is 6.92 Å². The molecule has 7 heteroatoms. The van der Waals surface area contributed by atoms with Crippen LogP contribution in [0, 0.1) is 11.8 Å². The number of hydrogen-bond acceptors (Lipinski definition) is 4. The largest absolute Gasteiger partial charge is 0.480 e. The fourth-order valence-corrected chi connectivity index (χ4v) is 3.95. The van der Waals surface area contributed by atoms with Crippen molar-refractivity contribution in [1.29, 1.82) is 0 Å². The molecule has 0 aromatic heterocycles. The molecule has 0 heterocycles. The van der Waals surface area contributed by atoms with Crippen LogP contribution in [0.4, 0.5) is 0 Å². The molecule has 2 aromatic carbocycles. The van der Waals surface area contributed by atoms with Crippen molar-refractivity contribution in [2.45, 2.75) is 46.2 Å². The predicted molar refractivity (Wildman–Crippen MR) is 120 cm³/mol. The molecule has 2 aromatic rings. The summed E-state index contributed by atoms with van der Waals surface area (Å²) in [5.41, 5.74) is 2.53. The summed E-state index contributed by atoms with van der Waals surface area (Å²) in [4.78, 5) is 50.5. The van der Waals surface area contributed by atoms with E-state index in [0.29, 0.717) is 34.2 Å². The number of nitrogens with one attached hydrogen (secondary N) is 2. The van der Waals surface area contributed by atoms with Crippen LogP contribution in [-0.2, 0) is 9.59 Å². The summed E-state index contributed by atoms with van der Waals surface area (Å²) in [7, 11) is 0. The number of hydrogen-bond donors (Lipinski definition) is 3. The molecule has 0 unspecified atom stereocenters. The van der Waals surface area contributed by atoms with Gasteiger partial charge in [0.2, 0.25) is 5.91 Å². The highest BCUT2D eigenvalue weighted by Gasteiger charge is 2.34. The second-order valence-electron chi connectivity index (χ2n) is 8.51. The lowest BCUT2D eigenvalue weighted by Crippen LogP contribution is -2.55. The Morgan fingerprint density at radius 2 is 1.50 bits per heavy atom. The number of carboxylic acid groups (broad SMARTS) is 1. The Labute approximate surface area is 187 Å². The summed E-state index contributed by atoms with van der Waals surface area (Å²) in [6, 6.07) is 10.1.